The fraction of sp³-hybridized carbons (Fsp3) is 0.467. The molecule has 3 rings (SSSR count). The van der Waals surface area contributed by atoms with Gasteiger partial charge in [0.2, 0.25) is 5.91 Å². The molecule has 1 saturated heterocycles. The van der Waals surface area contributed by atoms with E-state index in [2.05, 4.69) is 11.9 Å². The van der Waals surface area contributed by atoms with Crippen molar-refractivity contribution in [1.29, 1.82) is 0 Å². The fourth-order valence-electron chi connectivity index (χ4n) is 2.59. The summed E-state index contributed by atoms with van der Waals surface area (Å²) in [6, 6.07) is 8.02. The van der Waals surface area contributed by atoms with Crippen molar-refractivity contribution in [2.75, 3.05) is 12.3 Å². The minimum Gasteiger partial charge on any atom is -0.431 e. The van der Waals surface area contributed by atoms with Gasteiger partial charge in [-0.2, -0.15) is 0 Å². The number of hydrogen-bond donors (Lipinski definition) is 0. The standard InChI is InChI=1S/C15H18N2O2S/c1-11-6-4-5-9-17(11)14(18)10-20-15-16-12-7-2-3-8-13(12)19-15/h2-3,7-8,11H,4-6,9-10H2,1H3/t11-/m0/s1. The number of nitrogens with zero attached hydrogens (tertiary/aromatic N) is 2. The number of hydrogen-bond acceptors (Lipinski definition) is 4. The summed E-state index contributed by atoms with van der Waals surface area (Å²) in [7, 11) is 0. The molecule has 1 aromatic heterocycles. The summed E-state index contributed by atoms with van der Waals surface area (Å²) in [5.41, 5.74) is 1.61. The summed E-state index contributed by atoms with van der Waals surface area (Å²) in [5.74, 6) is 0.585. The van der Waals surface area contributed by atoms with E-state index in [0.717, 1.165) is 30.5 Å². The summed E-state index contributed by atoms with van der Waals surface area (Å²) < 4.78 is 5.61. The van der Waals surface area contributed by atoms with E-state index < -0.39 is 0 Å². The van der Waals surface area contributed by atoms with Crippen molar-refractivity contribution < 1.29 is 9.21 Å². The molecule has 0 saturated carbocycles. The maximum Gasteiger partial charge on any atom is 0.257 e. The smallest absolute Gasteiger partial charge is 0.257 e. The highest BCUT2D eigenvalue weighted by Gasteiger charge is 2.23. The van der Waals surface area contributed by atoms with Crippen LogP contribution in [-0.2, 0) is 4.79 Å². The van der Waals surface area contributed by atoms with Crippen LogP contribution in [0.5, 0.6) is 0 Å². The zero-order valence-corrected chi connectivity index (χ0v) is 12.4. The van der Waals surface area contributed by atoms with Crippen LogP contribution in [0.25, 0.3) is 11.1 Å². The first-order valence-electron chi connectivity index (χ1n) is 7.02. The van der Waals surface area contributed by atoms with Gasteiger partial charge in [0.1, 0.15) is 5.52 Å². The third kappa shape index (κ3) is 2.82. The minimum atomic E-state index is 0.185. The molecule has 1 aromatic carbocycles. The van der Waals surface area contributed by atoms with Gasteiger partial charge in [-0.15, -0.1) is 0 Å². The molecule has 1 aliphatic rings. The first-order chi connectivity index (χ1) is 9.74. The molecule has 0 bridgehead atoms. The van der Waals surface area contributed by atoms with E-state index in [0.29, 0.717) is 17.0 Å². The average molecular weight is 290 g/mol. The lowest BCUT2D eigenvalue weighted by molar-refractivity contribution is -0.131. The van der Waals surface area contributed by atoms with E-state index >= 15 is 0 Å². The van der Waals surface area contributed by atoms with Crippen LogP contribution >= 0.6 is 11.8 Å². The number of carbonyl (C=O) groups is 1. The lowest BCUT2D eigenvalue weighted by atomic mass is 10.0. The van der Waals surface area contributed by atoms with Gasteiger partial charge < -0.3 is 9.32 Å². The van der Waals surface area contributed by atoms with Crippen molar-refractivity contribution >= 4 is 28.8 Å². The molecule has 2 heterocycles. The first kappa shape index (κ1) is 13.5. The molecule has 0 radical (unpaired) electrons. The van der Waals surface area contributed by atoms with Crippen LogP contribution in [0.4, 0.5) is 0 Å². The predicted molar refractivity (Wildman–Crippen MR) is 79.8 cm³/mol. The monoisotopic (exact) mass is 290 g/mol. The number of para-hydroxylation sites is 2. The zero-order chi connectivity index (χ0) is 13.9. The Kier molecular flexibility index (Phi) is 3.96. The molecular weight excluding hydrogens is 272 g/mol. The third-order valence-corrected chi connectivity index (χ3v) is 4.53. The Bertz CT molecular complexity index is 578. The molecular formula is C15H18N2O2S. The van der Waals surface area contributed by atoms with Crippen LogP contribution in [0, 0.1) is 0 Å². The van der Waals surface area contributed by atoms with Crippen molar-refractivity contribution in [3.8, 4) is 0 Å². The number of thioether (sulfide) groups is 1. The highest BCUT2D eigenvalue weighted by Crippen LogP contribution is 2.24. The number of aromatic nitrogens is 1. The van der Waals surface area contributed by atoms with Crippen LogP contribution in [0.15, 0.2) is 33.9 Å². The van der Waals surface area contributed by atoms with E-state index in [4.69, 9.17) is 4.42 Å². The first-order valence-corrected chi connectivity index (χ1v) is 8.00. The second-order valence-corrected chi connectivity index (χ2v) is 6.09. The molecule has 1 atom stereocenters. The van der Waals surface area contributed by atoms with Crippen molar-refractivity contribution in [3.63, 3.8) is 0 Å². The SMILES string of the molecule is C[C@H]1CCCCN1C(=O)CSc1nc2ccccc2o1. The Morgan fingerprint density at radius 1 is 1.45 bits per heavy atom. The molecule has 2 aromatic rings. The lowest BCUT2D eigenvalue weighted by Gasteiger charge is -2.33. The van der Waals surface area contributed by atoms with Gasteiger partial charge in [0.15, 0.2) is 5.58 Å². The molecule has 0 spiro atoms. The van der Waals surface area contributed by atoms with Crippen molar-refractivity contribution in [2.24, 2.45) is 0 Å². The zero-order valence-electron chi connectivity index (χ0n) is 11.5. The number of benzene rings is 1. The van der Waals surface area contributed by atoms with E-state index in [9.17, 15) is 4.79 Å². The number of likely N-dealkylation sites (tertiary alicyclic amines) is 1. The average Bonchev–Trinajstić information content (AvgIpc) is 2.88. The highest BCUT2D eigenvalue weighted by atomic mass is 32.2. The Morgan fingerprint density at radius 3 is 3.10 bits per heavy atom. The summed E-state index contributed by atoms with van der Waals surface area (Å²) in [6.07, 6.45) is 3.45. The Labute approximate surface area is 122 Å². The van der Waals surface area contributed by atoms with E-state index in [1.807, 2.05) is 29.2 Å². The molecule has 1 aliphatic heterocycles. The van der Waals surface area contributed by atoms with E-state index in [1.165, 1.54) is 18.2 Å². The molecule has 4 nitrogen and oxygen atoms in total. The summed E-state index contributed by atoms with van der Waals surface area (Å²) in [4.78, 5) is 18.6. The van der Waals surface area contributed by atoms with Gasteiger partial charge in [0.05, 0.1) is 5.75 Å². The van der Waals surface area contributed by atoms with Gasteiger partial charge in [0.25, 0.3) is 5.22 Å². The molecule has 106 valence electrons. The quantitative estimate of drug-likeness (QED) is 0.814. The normalized spacial score (nSPS) is 19.4. The molecule has 1 fully saturated rings. The Hall–Kier alpha value is -1.49. The van der Waals surface area contributed by atoms with Gasteiger partial charge in [-0.3, -0.25) is 4.79 Å². The van der Waals surface area contributed by atoms with Crippen molar-refractivity contribution in [3.05, 3.63) is 24.3 Å². The molecule has 5 heteroatoms. The van der Waals surface area contributed by atoms with Crippen LogP contribution in [-0.4, -0.2) is 34.1 Å². The van der Waals surface area contributed by atoms with Crippen LogP contribution in [0.2, 0.25) is 0 Å². The maximum atomic E-state index is 12.2. The van der Waals surface area contributed by atoms with Gasteiger partial charge in [-0.25, -0.2) is 4.98 Å². The van der Waals surface area contributed by atoms with Gasteiger partial charge in [-0.1, -0.05) is 23.9 Å². The number of carbonyl (C=O) groups excluding carboxylic acids is 1. The fourth-order valence-corrected chi connectivity index (χ4v) is 3.31. The van der Waals surface area contributed by atoms with Crippen molar-refractivity contribution in [2.45, 2.75) is 37.5 Å². The van der Waals surface area contributed by atoms with E-state index in [-0.39, 0.29) is 5.91 Å². The van der Waals surface area contributed by atoms with Crippen LogP contribution < -0.4 is 0 Å². The second kappa shape index (κ2) is 5.87. The van der Waals surface area contributed by atoms with Gasteiger partial charge in [-0.05, 0) is 38.3 Å². The number of rotatable bonds is 3. The highest BCUT2D eigenvalue weighted by molar-refractivity contribution is 7.99. The van der Waals surface area contributed by atoms with Crippen LogP contribution in [0.1, 0.15) is 26.2 Å². The van der Waals surface area contributed by atoms with E-state index in [1.54, 1.807) is 0 Å². The second-order valence-electron chi connectivity index (χ2n) is 5.17. The molecule has 1 amide bonds. The van der Waals surface area contributed by atoms with Crippen LogP contribution in [0.3, 0.4) is 0 Å². The van der Waals surface area contributed by atoms with Gasteiger partial charge in [0, 0.05) is 12.6 Å². The summed E-state index contributed by atoms with van der Waals surface area (Å²) in [6.45, 7) is 3.01. The Morgan fingerprint density at radius 2 is 2.30 bits per heavy atom. The summed E-state index contributed by atoms with van der Waals surface area (Å²) >= 11 is 1.38. The largest absolute Gasteiger partial charge is 0.431 e. The van der Waals surface area contributed by atoms with Gasteiger partial charge >= 0.3 is 0 Å². The third-order valence-electron chi connectivity index (χ3n) is 3.72. The molecule has 0 aliphatic carbocycles. The van der Waals surface area contributed by atoms with Crippen molar-refractivity contribution in [1.82, 2.24) is 9.88 Å². The molecule has 20 heavy (non-hydrogen) atoms. The predicted octanol–water partition coefficient (Wildman–Crippen LogP) is 3.32. The Balaban J connectivity index is 1.62. The number of piperidine rings is 1. The minimum absolute atomic E-state index is 0.185. The topological polar surface area (TPSA) is 46.3 Å². The lowest BCUT2D eigenvalue weighted by Crippen LogP contribution is -2.42. The number of oxazole rings is 1. The maximum absolute atomic E-state index is 12.2. The number of fused-ring (bicyclic) bond motifs is 1. The molecule has 0 unspecified atom stereocenters. The number of amides is 1. The molecule has 0 N–H and O–H groups in total. The summed E-state index contributed by atoms with van der Waals surface area (Å²) in [5, 5.41) is 0.573.